The molecule has 184 valence electrons. The van der Waals surface area contributed by atoms with Crippen molar-refractivity contribution in [1.29, 1.82) is 0 Å². The van der Waals surface area contributed by atoms with Crippen LogP contribution < -0.4 is 4.90 Å². The van der Waals surface area contributed by atoms with E-state index in [1.165, 1.54) is 22.3 Å². The molecule has 0 radical (unpaired) electrons. The number of para-hydroxylation sites is 2. The minimum atomic E-state index is -0.285. The lowest BCUT2D eigenvalue weighted by Gasteiger charge is -2.32. The number of aromatic nitrogens is 3. The molecule has 0 bridgehead atoms. The monoisotopic (exact) mass is 492 g/mol. The van der Waals surface area contributed by atoms with Gasteiger partial charge >= 0.3 is 0 Å². The number of fused-ring (bicyclic) bond motifs is 3. The number of nitrogens with zero attached hydrogens (tertiary/aromatic N) is 4. The van der Waals surface area contributed by atoms with Crippen LogP contribution in [-0.4, -0.2) is 15.0 Å². The van der Waals surface area contributed by atoms with Crippen molar-refractivity contribution in [1.82, 2.24) is 15.0 Å². The first-order chi connectivity index (χ1) is 18.7. The van der Waals surface area contributed by atoms with Crippen LogP contribution in [0.1, 0.15) is 24.0 Å². The first-order valence-corrected chi connectivity index (χ1v) is 12.8. The first kappa shape index (κ1) is 23.6. The molecule has 0 amide bonds. The fourth-order valence-electron chi connectivity index (χ4n) is 5.77. The maximum absolute atomic E-state index is 4.40. The summed E-state index contributed by atoms with van der Waals surface area (Å²) in [5.74, 6) is 0.671. The molecule has 1 heterocycles. The Morgan fingerprint density at radius 1 is 0.632 bits per heavy atom. The van der Waals surface area contributed by atoms with Gasteiger partial charge in [0.05, 0.1) is 0 Å². The predicted molar refractivity (Wildman–Crippen MR) is 156 cm³/mol. The van der Waals surface area contributed by atoms with Crippen LogP contribution in [0.25, 0.3) is 22.5 Å². The average molecular weight is 493 g/mol. The SMILES string of the molecule is C=CCC1(CC=C)c2cc(-c3ncncn3)ccc2-c2ccc(N(c3ccccc3)c3ccccc3)cc21. The highest BCUT2D eigenvalue weighted by Gasteiger charge is 2.42. The molecule has 1 aliphatic carbocycles. The number of benzene rings is 4. The molecule has 1 aromatic heterocycles. The summed E-state index contributed by atoms with van der Waals surface area (Å²) in [4.78, 5) is 15.1. The molecule has 4 aromatic carbocycles. The maximum Gasteiger partial charge on any atom is 0.162 e. The molecule has 0 saturated heterocycles. The molecule has 1 aliphatic rings. The Labute approximate surface area is 223 Å². The summed E-state index contributed by atoms with van der Waals surface area (Å²) in [5, 5.41) is 0. The molecule has 38 heavy (non-hydrogen) atoms. The Balaban J connectivity index is 1.56. The van der Waals surface area contributed by atoms with E-state index in [9.17, 15) is 0 Å². The van der Waals surface area contributed by atoms with E-state index in [4.69, 9.17) is 0 Å². The molecule has 0 unspecified atom stereocenters. The van der Waals surface area contributed by atoms with Crippen molar-refractivity contribution in [3.05, 3.63) is 146 Å². The smallest absolute Gasteiger partial charge is 0.162 e. The van der Waals surface area contributed by atoms with E-state index in [0.29, 0.717) is 5.82 Å². The van der Waals surface area contributed by atoms with Crippen molar-refractivity contribution in [3.63, 3.8) is 0 Å². The molecule has 5 aromatic rings. The molecule has 0 spiro atoms. The van der Waals surface area contributed by atoms with Crippen LogP contribution in [0.3, 0.4) is 0 Å². The zero-order valence-electron chi connectivity index (χ0n) is 21.2. The third-order valence-electron chi connectivity index (χ3n) is 7.37. The van der Waals surface area contributed by atoms with Gasteiger partial charge in [-0.25, -0.2) is 15.0 Å². The predicted octanol–water partition coefficient (Wildman–Crippen LogP) is 8.43. The molecule has 4 nitrogen and oxygen atoms in total. The number of hydrogen-bond acceptors (Lipinski definition) is 4. The van der Waals surface area contributed by atoms with E-state index in [1.54, 1.807) is 12.7 Å². The first-order valence-electron chi connectivity index (χ1n) is 12.8. The summed E-state index contributed by atoms with van der Waals surface area (Å²) >= 11 is 0. The van der Waals surface area contributed by atoms with Crippen LogP contribution in [-0.2, 0) is 5.41 Å². The summed E-state index contributed by atoms with van der Waals surface area (Å²) < 4.78 is 0. The lowest BCUT2D eigenvalue weighted by Crippen LogP contribution is -2.24. The summed E-state index contributed by atoms with van der Waals surface area (Å²) in [6, 6.07) is 34.4. The molecule has 0 atom stereocenters. The largest absolute Gasteiger partial charge is 0.310 e. The van der Waals surface area contributed by atoms with Gasteiger partial charge in [0.1, 0.15) is 12.7 Å². The topological polar surface area (TPSA) is 41.9 Å². The van der Waals surface area contributed by atoms with Gasteiger partial charge in [-0.1, -0.05) is 66.7 Å². The minimum Gasteiger partial charge on any atom is -0.310 e. The third-order valence-corrected chi connectivity index (χ3v) is 7.37. The van der Waals surface area contributed by atoms with Gasteiger partial charge in [0.25, 0.3) is 0 Å². The Kier molecular flexibility index (Phi) is 6.14. The van der Waals surface area contributed by atoms with E-state index in [1.807, 2.05) is 12.2 Å². The second kappa shape index (κ2) is 9.91. The van der Waals surface area contributed by atoms with E-state index in [2.05, 4.69) is 130 Å². The maximum atomic E-state index is 4.40. The molecular formula is C34H28N4. The van der Waals surface area contributed by atoms with Gasteiger partial charge in [-0.2, -0.15) is 0 Å². The number of allylic oxidation sites excluding steroid dienone is 2. The van der Waals surface area contributed by atoms with Crippen LogP contribution >= 0.6 is 0 Å². The zero-order valence-corrected chi connectivity index (χ0v) is 21.2. The van der Waals surface area contributed by atoms with Crippen LogP contribution in [0.2, 0.25) is 0 Å². The summed E-state index contributed by atoms with van der Waals surface area (Å²) in [6.07, 6.45) is 8.71. The van der Waals surface area contributed by atoms with Crippen molar-refractivity contribution >= 4 is 17.1 Å². The highest BCUT2D eigenvalue weighted by Crippen LogP contribution is 2.55. The number of rotatable bonds is 8. The van der Waals surface area contributed by atoms with Crippen molar-refractivity contribution in [2.24, 2.45) is 0 Å². The van der Waals surface area contributed by atoms with Gasteiger partial charge in [0, 0.05) is 28.0 Å². The molecule has 6 rings (SSSR count). The standard InChI is InChI=1S/C34H28N4/c1-3-19-34(20-4-2)31-21-25(33-36-23-35-24-37-33)15-17-29(31)30-18-16-28(22-32(30)34)38(26-11-7-5-8-12-26)27-13-9-6-10-14-27/h3-18,21-24H,1-2,19-20H2. The van der Waals surface area contributed by atoms with Crippen LogP contribution in [0.4, 0.5) is 17.1 Å². The van der Waals surface area contributed by atoms with Crippen LogP contribution in [0.15, 0.2) is 135 Å². The molecule has 0 saturated carbocycles. The van der Waals surface area contributed by atoms with E-state index in [-0.39, 0.29) is 5.41 Å². The number of anilines is 3. The van der Waals surface area contributed by atoms with Gasteiger partial charge in [0.2, 0.25) is 0 Å². The third kappa shape index (κ3) is 3.91. The molecule has 0 N–H and O–H groups in total. The van der Waals surface area contributed by atoms with Gasteiger partial charge in [-0.3, -0.25) is 0 Å². The second-order valence-corrected chi connectivity index (χ2v) is 9.53. The molecule has 0 fully saturated rings. The van der Waals surface area contributed by atoms with Crippen LogP contribution in [0, 0.1) is 0 Å². The normalized spacial score (nSPS) is 12.8. The van der Waals surface area contributed by atoms with E-state index in [0.717, 1.165) is 35.5 Å². The molecule has 0 aliphatic heterocycles. The van der Waals surface area contributed by atoms with Gasteiger partial charge in [0.15, 0.2) is 5.82 Å². The quantitative estimate of drug-likeness (QED) is 0.204. The Hall–Kier alpha value is -4.83. The Morgan fingerprint density at radius 2 is 1.18 bits per heavy atom. The van der Waals surface area contributed by atoms with Gasteiger partial charge < -0.3 is 4.90 Å². The highest BCUT2D eigenvalue weighted by molar-refractivity contribution is 5.87. The van der Waals surface area contributed by atoms with Gasteiger partial charge in [-0.15, -0.1) is 13.2 Å². The Morgan fingerprint density at radius 3 is 1.76 bits per heavy atom. The van der Waals surface area contributed by atoms with Crippen molar-refractivity contribution in [2.45, 2.75) is 18.3 Å². The lowest BCUT2D eigenvalue weighted by atomic mass is 9.72. The summed E-state index contributed by atoms with van der Waals surface area (Å²) in [7, 11) is 0. The minimum absolute atomic E-state index is 0.285. The highest BCUT2D eigenvalue weighted by atomic mass is 15.1. The zero-order chi connectivity index (χ0) is 26.0. The van der Waals surface area contributed by atoms with E-state index < -0.39 is 0 Å². The molecule has 4 heteroatoms. The van der Waals surface area contributed by atoms with Crippen LogP contribution in [0.5, 0.6) is 0 Å². The molecular weight excluding hydrogens is 464 g/mol. The second-order valence-electron chi connectivity index (χ2n) is 9.53. The summed E-state index contributed by atoms with van der Waals surface area (Å²) in [5.41, 5.74) is 9.06. The van der Waals surface area contributed by atoms with Gasteiger partial charge in [-0.05, 0) is 77.6 Å². The average Bonchev–Trinajstić information content (AvgIpc) is 3.23. The summed E-state index contributed by atoms with van der Waals surface area (Å²) in [6.45, 7) is 8.31. The van der Waals surface area contributed by atoms with Crippen molar-refractivity contribution in [3.8, 4) is 22.5 Å². The fraction of sp³-hybridized carbons (Fsp3) is 0.0882. The van der Waals surface area contributed by atoms with E-state index >= 15 is 0 Å². The Bertz CT molecular complexity index is 1550. The van der Waals surface area contributed by atoms with Crippen molar-refractivity contribution in [2.75, 3.05) is 4.90 Å². The fourth-order valence-corrected chi connectivity index (χ4v) is 5.77. The lowest BCUT2D eigenvalue weighted by molar-refractivity contribution is 0.543. The van der Waals surface area contributed by atoms with Crippen molar-refractivity contribution < 1.29 is 0 Å². The number of hydrogen-bond donors (Lipinski definition) is 0.